The van der Waals surface area contributed by atoms with Gasteiger partial charge in [-0.05, 0) is 32.5 Å². The molecule has 1 aliphatic heterocycles. The maximum atomic E-state index is 13.2. The van der Waals surface area contributed by atoms with E-state index in [2.05, 4.69) is 16.8 Å². The van der Waals surface area contributed by atoms with Crippen LogP contribution in [0.15, 0.2) is 52.9 Å². The molecule has 1 aliphatic rings. The molecule has 1 fully saturated rings. The lowest BCUT2D eigenvalue weighted by atomic mass is 9.88. The van der Waals surface area contributed by atoms with Gasteiger partial charge in [0.25, 0.3) is 0 Å². The maximum absolute atomic E-state index is 13.2. The van der Waals surface area contributed by atoms with Gasteiger partial charge in [-0.25, -0.2) is 4.79 Å². The zero-order valence-corrected chi connectivity index (χ0v) is 20.9. The molecule has 35 heavy (non-hydrogen) atoms. The predicted molar refractivity (Wildman–Crippen MR) is 138 cm³/mol. The number of phenols is 1. The van der Waals surface area contributed by atoms with Crippen molar-refractivity contribution in [3.8, 4) is 5.75 Å². The van der Waals surface area contributed by atoms with Gasteiger partial charge in [0.05, 0.1) is 12.6 Å². The molecule has 0 radical (unpaired) electrons. The predicted octanol–water partition coefficient (Wildman–Crippen LogP) is 5.77. The third-order valence-electron chi connectivity index (χ3n) is 6.89. The van der Waals surface area contributed by atoms with Crippen LogP contribution in [0.2, 0.25) is 5.02 Å². The van der Waals surface area contributed by atoms with E-state index < -0.39 is 5.97 Å². The van der Waals surface area contributed by atoms with Crippen LogP contribution in [-0.2, 0) is 4.74 Å². The topological polar surface area (TPSA) is 66.2 Å². The van der Waals surface area contributed by atoms with E-state index >= 15 is 0 Å². The quantitative estimate of drug-likeness (QED) is 0.357. The second kappa shape index (κ2) is 9.53. The van der Waals surface area contributed by atoms with E-state index in [1.807, 2.05) is 48.5 Å². The Morgan fingerprint density at radius 2 is 1.74 bits per heavy atom. The number of hydrogen-bond acceptors (Lipinski definition) is 6. The fourth-order valence-corrected chi connectivity index (χ4v) is 5.41. The normalized spacial score (nSPS) is 16.1. The van der Waals surface area contributed by atoms with Gasteiger partial charge in [0.1, 0.15) is 22.7 Å². The fraction of sp³-hybridized carbons (Fsp3) is 0.321. The second-order valence-corrected chi connectivity index (χ2v) is 9.44. The number of rotatable bonds is 5. The molecular weight excluding hydrogens is 464 g/mol. The summed E-state index contributed by atoms with van der Waals surface area (Å²) in [6, 6.07) is 14.9. The first-order chi connectivity index (χ1) is 16.9. The summed E-state index contributed by atoms with van der Waals surface area (Å²) in [4.78, 5) is 17.8. The number of esters is 1. The third kappa shape index (κ3) is 4.05. The lowest BCUT2D eigenvalue weighted by Crippen LogP contribution is -2.46. The number of carbonyl (C=O) groups is 1. The van der Waals surface area contributed by atoms with Gasteiger partial charge in [-0.15, -0.1) is 0 Å². The number of carbonyl (C=O) groups excluding carboxylic acids is 1. The highest BCUT2D eigenvalue weighted by Crippen LogP contribution is 2.48. The summed E-state index contributed by atoms with van der Waals surface area (Å²) in [6.07, 6.45) is 0. The van der Waals surface area contributed by atoms with Gasteiger partial charge in [0, 0.05) is 52.9 Å². The van der Waals surface area contributed by atoms with Crippen molar-refractivity contribution >= 4 is 39.3 Å². The van der Waals surface area contributed by atoms with E-state index in [1.54, 1.807) is 13.8 Å². The summed E-state index contributed by atoms with van der Waals surface area (Å²) < 4.78 is 11.6. The SMILES string of the molecule is CCOC(=O)c1c(C)oc2c1c(C(c1ccccc1Cl)N1CCN(C)CC1)c(O)c1ccccc12. The van der Waals surface area contributed by atoms with Gasteiger partial charge in [0.2, 0.25) is 0 Å². The van der Waals surface area contributed by atoms with Crippen LogP contribution in [-0.4, -0.2) is 60.7 Å². The number of phenolic OH excluding ortho intramolecular Hbond substituents is 1. The van der Waals surface area contributed by atoms with Crippen molar-refractivity contribution in [1.82, 2.24) is 9.80 Å². The van der Waals surface area contributed by atoms with Crippen LogP contribution in [0, 0.1) is 6.92 Å². The second-order valence-electron chi connectivity index (χ2n) is 9.03. The number of aromatic hydroxyl groups is 1. The van der Waals surface area contributed by atoms with E-state index in [4.69, 9.17) is 20.8 Å². The lowest BCUT2D eigenvalue weighted by molar-refractivity contribution is 0.0526. The summed E-state index contributed by atoms with van der Waals surface area (Å²) >= 11 is 6.76. The summed E-state index contributed by atoms with van der Waals surface area (Å²) in [5.74, 6) is 0.131. The average Bonchev–Trinajstić information content (AvgIpc) is 3.20. The summed E-state index contributed by atoms with van der Waals surface area (Å²) in [5, 5.41) is 14.4. The molecule has 3 aromatic carbocycles. The number of fused-ring (bicyclic) bond motifs is 3. The van der Waals surface area contributed by atoms with Crippen LogP contribution in [0.4, 0.5) is 0 Å². The highest BCUT2D eigenvalue weighted by atomic mass is 35.5. The van der Waals surface area contributed by atoms with Crippen molar-refractivity contribution in [2.45, 2.75) is 19.9 Å². The van der Waals surface area contributed by atoms with Crippen molar-refractivity contribution in [2.75, 3.05) is 39.8 Å². The van der Waals surface area contributed by atoms with Gasteiger partial charge >= 0.3 is 5.97 Å². The Balaban J connectivity index is 1.89. The number of halogens is 1. The Hall–Kier alpha value is -3.06. The Labute approximate surface area is 209 Å². The Morgan fingerprint density at radius 3 is 2.43 bits per heavy atom. The number of piperazine rings is 1. The summed E-state index contributed by atoms with van der Waals surface area (Å²) in [7, 11) is 2.10. The molecule has 6 nitrogen and oxygen atoms in total. The van der Waals surface area contributed by atoms with Crippen molar-refractivity contribution in [3.63, 3.8) is 0 Å². The molecule has 1 atom stereocenters. The zero-order chi connectivity index (χ0) is 24.7. The van der Waals surface area contributed by atoms with E-state index in [0.717, 1.165) is 37.1 Å². The Bertz CT molecular complexity index is 1410. The van der Waals surface area contributed by atoms with Crippen LogP contribution in [0.3, 0.4) is 0 Å². The Kier molecular flexibility index (Phi) is 6.45. The highest BCUT2D eigenvalue weighted by Gasteiger charge is 2.35. The first kappa shape index (κ1) is 23.7. The molecule has 0 bridgehead atoms. The molecule has 1 unspecified atom stereocenters. The summed E-state index contributed by atoms with van der Waals surface area (Å²) in [6.45, 7) is 7.12. The monoisotopic (exact) mass is 492 g/mol. The first-order valence-electron chi connectivity index (χ1n) is 11.9. The number of likely N-dealkylation sites (N-methyl/N-ethyl adjacent to an activating group) is 1. The fourth-order valence-electron chi connectivity index (χ4n) is 5.17. The molecule has 0 saturated carbocycles. The van der Waals surface area contributed by atoms with Crippen molar-refractivity contribution in [2.24, 2.45) is 0 Å². The largest absolute Gasteiger partial charge is 0.507 e. The minimum Gasteiger partial charge on any atom is -0.507 e. The number of ether oxygens (including phenoxy) is 1. The molecule has 0 aliphatic carbocycles. The van der Waals surface area contributed by atoms with Crippen molar-refractivity contribution in [3.05, 3.63) is 76.0 Å². The highest BCUT2D eigenvalue weighted by molar-refractivity contribution is 6.31. The number of hydrogen-bond donors (Lipinski definition) is 1. The molecule has 0 amide bonds. The zero-order valence-electron chi connectivity index (χ0n) is 20.2. The third-order valence-corrected chi connectivity index (χ3v) is 7.24. The van der Waals surface area contributed by atoms with E-state index in [1.165, 1.54) is 0 Å². The molecule has 0 spiro atoms. The first-order valence-corrected chi connectivity index (χ1v) is 12.3. The lowest BCUT2D eigenvalue weighted by Gasteiger charge is -2.39. The Morgan fingerprint density at radius 1 is 1.09 bits per heavy atom. The van der Waals surface area contributed by atoms with Gasteiger partial charge < -0.3 is 19.2 Å². The number of furan rings is 1. The van der Waals surface area contributed by atoms with Crippen LogP contribution in [0.5, 0.6) is 5.75 Å². The van der Waals surface area contributed by atoms with E-state index in [9.17, 15) is 9.90 Å². The molecule has 7 heteroatoms. The van der Waals surface area contributed by atoms with Gasteiger partial charge in [0.15, 0.2) is 0 Å². The molecule has 1 aromatic heterocycles. The minimum atomic E-state index is -0.462. The van der Waals surface area contributed by atoms with Gasteiger partial charge in [-0.1, -0.05) is 54.1 Å². The number of aryl methyl sites for hydroxylation is 1. The molecule has 1 N–H and O–H groups in total. The van der Waals surface area contributed by atoms with Crippen molar-refractivity contribution in [1.29, 1.82) is 0 Å². The summed E-state index contributed by atoms with van der Waals surface area (Å²) in [5.41, 5.74) is 2.42. The number of benzene rings is 3. The molecule has 2 heterocycles. The standard InChI is InChI=1S/C28H29ClN2O4/c1-4-34-28(33)22-17(2)35-27-19-10-6-5-9-18(19)26(32)24(23(22)27)25(20-11-7-8-12-21(20)29)31-15-13-30(3)14-16-31/h5-12,25,32H,4,13-16H2,1-3H3. The van der Waals surface area contributed by atoms with E-state index in [0.29, 0.717) is 38.3 Å². The van der Waals surface area contributed by atoms with Crippen LogP contribution < -0.4 is 0 Å². The smallest absolute Gasteiger partial charge is 0.342 e. The maximum Gasteiger partial charge on any atom is 0.342 e. The number of nitrogens with zero attached hydrogens (tertiary/aromatic N) is 2. The van der Waals surface area contributed by atoms with Crippen LogP contribution >= 0.6 is 11.6 Å². The van der Waals surface area contributed by atoms with E-state index in [-0.39, 0.29) is 18.4 Å². The average molecular weight is 493 g/mol. The van der Waals surface area contributed by atoms with Gasteiger partial charge in [-0.2, -0.15) is 0 Å². The van der Waals surface area contributed by atoms with Crippen LogP contribution in [0.1, 0.15) is 40.2 Å². The molecule has 4 aromatic rings. The molecular formula is C28H29ClN2O4. The molecule has 1 saturated heterocycles. The van der Waals surface area contributed by atoms with Gasteiger partial charge in [-0.3, -0.25) is 4.90 Å². The molecule has 5 rings (SSSR count). The van der Waals surface area contributed by atoms with Crippen LogP contribution in [0.25, 0.3) is 21.7 Å². The van der Waals surface area contributed by atoms with Crippen molar-refractivity contribution < 1.29 is 19.1 Å². The molecule has 182 valence electrons. The minimum absolute atomic E-state index is 0.128.